The lowest BCUT2D eigenvalue weighted by Crippen LogP contribution is -2.23. The first-order valence-corrected chi connectivity index (χ1v) is 7.71. The van der Waals surface area contributed by atoms with Crippen LogP contribution in [0.5, 0.6) is 5.75 Å². The summed E-state index contributed by atoms with van der Waals surface area (Å²) in [7, 11) is -3.52. The monoisotopic (exact) mass is 292 g/mol. The molecule has 6 heteroatoms. The number of rotatable bonds is 6. The molecule has 0 saturated heterocycles. The SMILES string of the molecule is CCOc1ccc(S(=O)(=O)NCc2cccnc2)cc1. The Morgan fingerprint density at radius 3 is 2.55 bits per heavy atom. The summed E-state index contributed by atoms with van der Waals surface area (Å²) in [5, 5.41) is 0. The van der Waals surface area contributed by atoms with Gasteiger partial charge < -0.3 is 4.74 Å². The maximum atomic E-state index is 12.1. The van der Waals surface area contributed by atoms with Gasteiger partial charge in [0.2, 0.25) is 10.0 Å². The summed E-state index contributed by atoms with van der Waals surface area (Å²) < 4.78 is 32.0. The first-order valence-electron chi connectivity index (χ1n) is 6.23. The molecule has 0 spiro atoms. The molecule has 1 aromatic heterocycles. The van der Waals surface area contributed by atoms with Crippen LogP contribution < -0.4 is 9.46 Å². The molecule has 1 aromatic carbocycles. The van der Waals surface area contributed by atoms with Crippen molar-refractivity contribution in [2.24, 2.45) is 0 Å². The van der Waals surface area contributed by atoms with E-state index in [0.29, 0.717) is 12.4 Å². The lowest BCUT2D eigenvalue weighted by molar-refractivity contribution is 0.340. The number of aromatic nitrogens is 1. The second-order valence-corrected chi connectivity index (χ2v) is 5.86. The highest BCUT2D eigenvalue weighted by Gasteiger charge is 2.13. The van der Waals surface area contributed by atoms with Crippen molar-refractivity contribution in [3.05, 3.63) is 54.4 Å². The second kappa shape index (κ2) is 6.49. The number of ether oxygens (including phenoxy) is 1. The van der Waals surface area contributed by atoms with E-state index in [2.05, 4.69) is 9.71 Å². The third-order valence-electron chi connectivity index (χ3n) is 2.63. The smallest absolute Gasteiger partial charge is 0.240 e. The van der Waals surface area contributed by atoms with E-state index in [-0.39, 0.29) is 11.4 Å². The van der Waals surface area contributed by atoms with Gasteiger partial charge in [0.05, 0.1) is 11.5 Å². The van der Waals surface area contributed by atoms with Crippen LogP contribution in [0.25, 0.3) is 0 Å². The summed E-state index contributed by atoms with van der Waals surface area (Å²) in [6, 6.07) is 9.91. The molecule has 0 bridgehead atoms. The van der Waals surface area contributed by atoms with E-state index in [1.54, 1.807) is 30.6 Å². The summed E-state index contributed by atoms with van der Waals surface area (Å²) in [5.74, 6) is 0.652. The maximum Gasteiger partial charge on any atom is 0.240 e. The molecule has 0 saturated carbocycles. The van der Waals surface area contributed by atoms with Crippen LogP contribution in [0.15, 0.2) is 53.7 Å². The zero-order valence-corrected chi connectivity index (χ0v) is 11.9. The number of sulfonamides is 1. The van der Waals surface area contributed by atoms with E-state index in [1.807, 2.05) is 13.0 Å². The van der Waals surface area contributed by atoms with Crippen molar-refractivity contribution in [2.75, 3.05) is 6.61 Å². The fourth-order valence-electron chi connectivity index (χ4n) is 1.65. The zero-order chi connectivity index (χ0) is 14.4. The predicted molar refractivity (Wildman–Crippen MR) is 75.9 cm³/mol. The minimum atomic E-state index is -3.52. The fraction of sp³-hybridized carbons (Fsp3) is 0.214. The van der Waals surface area contributed by atoms with E-state index < -0.39 is 10.0 Å². The van der Waals surface area contributed by atoms with Crippen LogP contribution in [0.4, 0.5) is 0 Å². The molecule has 1 N–H and O–H groups in total. The van der Waals surface area contributed by atoms with E-state index in [0.717, 1.165) is 5.56 Å². The molecule has 0 unspecified atom stereocenters. The van der Waals surface area contributed by atoms with Gasteiger partial charge >= 0.3 is 0 Å². The summed E-state index contributed by atoms with van der Waals surface area (Å²) in [6.07, 6.45) is 3.27. The molecule has 2 rings (SSSR count). The summed E-state index contributed by atoms with van der Waals surface area (Å²) >= 11 is 0. The van der Waals surface area contributed by atoms with E-state index >= 15 is 0 Å². The Bertz CT molecular complexity index is 640. The quantitative estimate of drug-likeness (QED) is 0.883. The van der Waals surface area contributed by atoms with Crippen molar-refractivity contribution in [2.45, 2.75) is 18.4 Å². The largest absolute Gasteiger partial charge is 0.494 e. The molecule has 0 fully saturated rings. The van der Waals surface area contributed by atoms with Gasteiger partial charge in [0.15, 0.2) is 0 Å². The number of benzene rings is 1. The van der Waals surface area contributed by atoms with Crippen LogP contribution >= 0.6 is 0 Å². The molecule has 106 valence electrons. The second-order valence-electron chi connectivity index (χ2n) is 4.09. The van der Waals surface area contributed by atoms with Gasteiger partial charge in [-0.05, 0) is 42.8 Å². The Kier molecular flexibility index (Phi) is 4.70. The van der Waals surface area contributed by atoms with E-state index in [4.69, 9.17) is 4.74 Å². The van der Waals surface area contributed by atoms with Gasteiger partial charge in [0, 0.05) is 18.9 Å². The lowest BCUT2D eigenvalue weighted by atomic mass is 10.3. The van der Waals surface area contributed by atoms with Crippen LogP contribution in [0.2, 0.25) is 0 Å². The highest BCUT2D eigenvalue weighted by Crippen LogP contribution is 2.16. The van der Waals surface area contributed by atoms with Crippen LogP contribution in [0, 0.1) is 0 Å². The van der Waals surface area contributed by atoms with Crippen molar-refractivity contribution in [1.29, 1.82) is 0 Å². The first kappa shape index (κ1) is 14.5. The molecule has 0 atom stereocenters. The van der Waals surface area contributed by atoms with Gasteiger partial charge in [-0.2, -0.15) is 0 Å². The molecular weight excluding hydrogens is 276 g/mol. The molecule has 1 heterocycles. The minimum Gasteiger partial charge on any atom is -0.494 e. The molecule has 0 radical (unpaired) electrons. The van der Waals surface area contributed by atoms with Crippen molar-refractivity contribution >= 4 is 10.0 Å². The molecule has 0 amide bonds. The number of hydrogen-bond acceptors (Lipinski definition) is 4. The normalized spacial score (nSPS) is 11.2. The minimum absolute atomic E-state index is 0.212. The molecule has 0 aliphatic carbocycles. The third-order valence-corrected chi connectivity index (χ3v) is 4.05. The first-order chi connectivity index (χ1) is 9.62. The van der Waals surface area contributed by atoms with Gasteiger partial charge in [-0.1, -0.05) is 6.07 Å². The molecule has 0 aliphatic heterocycles. The Morgan fingerprint density at radius 1 is 1.20 bits per heavy atom. The number of nitrogens with zero attached hydrogens (tertiary/aromatic N) is 1. The van der Waals surface area contributed by atoms with Crippen molar-refractivity contribution in [1.82, 2.24) is 9.71 Å². The van der Waals surface area contributed by atoms with Gasteiger partial charge in [-0.15, -0.1) is 0 Å². The van der Waals surface area contributed by atoms with Gasteiger partial charge in [0.25, 0.3) is 0 Å². The predicted octanol–water partition coefficient (Wildman–Crippen LogP) is 1.96. The molecule has 20 heavy (non-hydrogen) atoms. The average Bonchev–Trinajstić information content (AvgIpc) is 2.47. The summed E-state index contributed by atoms with van der Waals surface area (Å²) in [6.45, 7) is 2.63. The topological polar surface area (TPSA) is 68.3 Å². The molecule has 5 nitrogen and oxygen atoms in total. The van der Waals surface area contributed by atoms with Crippen LogP contribution in [-0.2, 0) is 16.6 Å². The van der Waals surface area contributed by atoms with Crippen molar-refractivity contribution < 1.29 is 13.2 Å². The highest BCUT2D eigenvalue weighted by molar-refractivity contribution is 7.89. The fourth-order valence-corrected chi connectivity index (χ4v) is 2.66. The van der Waals surface area contributed by atoms with Gasteiger partial charge in [-0.25, -0.2) is 13.1 Å². The third kappa shape index (κ3) is 3.79. The van der Waals surface area contributed by atoms with Crippen molar-refractivity contribution in [3.63, 3.8) is 0 Å². The highest BCUT2D eigenvalue weighted by atomic mass is 32.2. The standard InChI is InChI=1S/C14H16N2O3S/c1-2-19-13-5-7-14(8-6-13)20(17,18)16-11-12-4-3-9-15-10-12/h3-10,16H,2,11H2,1H3. The summed E-state index contributed by atoms with van der Waals surface area (Å²) in [5.41, 5.74) is 0.807. The van der Waals surface area contributed by atoms with Crippen LogP contribution in [0.1, 0.15) is 12.5 Å². The van der Waals surface area contributed by atoms with Crippen LogP contribution in [-0.4, -0.2) is 20.0 Å². The number of hydrogen-bond donors (Lipinski definition) is 1. The number of pyridine rings is 1. The molecule has 0 aliphatic rings. The van der Waals surface area contributed by atoms with Crippen LogP contribution in [0.3, 0.4) is 0 Å². The maximum absolute atomic E-state index is 12.1. The number of nitrogens with one attached hydrogen (secondary N) is 1. The van der Waals surface area contributed by atoms with Gasteiger partial charge in [0.1, 0.15) is 5.75 Å². The Balaban J connectivity index is 2.06. The summed E-state index contributed by atoms with van der Waals surface area (Å²) in [4.78, 5) is 4.15. The Labute approximate surface area is 118 Å². The Hall–Kier alpha value is -1.92. The van der Waals surface area contributed by atoms with E-state index in [9.17, 15) is 8.42 Å². The van der Waals surface area contributed by atoms with Crippen molar-refractivity contribution in [3.8, 4) is 5.75 Å². The lowest BCUT2D eigenvalue weighted by Gasteiger charge is -2.08. The molecule has 2 aromatic rings. The van der Waals surface area contributed by atoms with E-state index in [1.165, 1.54) is 12.1 Å². The molecular formula is C14H16N2O3S. The Morgan fingerprint density at radius 2 is 1.95 bits per heavy atom. The zero-order valence-electron chi connectivity index (χ0n) is 11.1. The van der Waals surface area contributed by atoms with Gasteiger partial charge in [-0.3, -0.25) is 4.98 Å². The average molecular weight is 292 g/mol.